The van der Waals surface area contributed by atoms with E-state index in [0.717, 1.165) is 22.8 Å². The molecule has 0 aliphatic heterocycles. The molecule has 1 amide bonds. The van der Waals surface area contributed by atoms with Gasteiger partial charge in [-0.15, -0.1) is 16.4 Å². The van der Waals surface area contributed by atoms with Crippen LogP contribution in [0.5, 0.6) is 0 Å². The molecule has 0 aliphatic carbocycles. The normalized spacial score (nSPS) is 11.0. The molecule has 0 aliphatic rings. The molecular formula is C21H20N6OS. The standard InChI is InChI=1S/C21H20N6OS/c1-14(2)19-24-25-26-27(19)17-10-8-16(9-11-17)20(28)23-21-22-13-18(29-21)12-15-6-4-3-5-7-15/h3-11,13-14H,12H2,1-2H3,(H,22,23,28). The summed E-state index contributed by atoms with van der Waals surface area (Å²) in [5.41, 5.74) is 2.58. The molecule has 2 heterocycles. The van der Waals surface area contributed by atoms with Gasteiger partial charge in [-0.3, -0.25) is 10.1 Å². The third-order valence-electron chi connectivity index (χ3n) is 4.38. The Labute approximate surface area is 172 Å². The van der Waals surface area contributed by atoms with E-state index in [4.69, 9.17) is 0 Å². The number of nitrogens with one attached hydrogen (secondary N) is 1. The predicted octanol–water partition coefficient (Wildman–Crippen LogP) is 4.09. The monoisotopic (exact) mass is 404 g/mol. The lowest BCUT2D eigenvalue weighted by Gasteiger charge is -2.07. The molecule has 2 aromatic heterocycles. The maximum atomic E-state index is 12.6. The topological polar surface area (TPSA) is 85.6 Å². The van der Waals surface area contributed by atoms with Crippen molar-refractivity contribution in [2.75, 3.05) is 5.32 Å². The van der Waals surface area contributed by atoms with E-state index in [2.05, 4.69) is 38.0 Å². The molecule has 29 heavy (non-hydrogen) atoms. The first-order valence-electron chi connectivity index (χ1n) is 9.29. The fourth-order valence-electron chi connectivity index (χ4n) is 2.91. The minimum absolute atomic E-state index is 0.196. The molecule has 0 saturated heterocycles. The van der Waals surface area contributed by atoms with Crippen molar-refractivity contribution in [1.82, 2.24) is 25.2 Å². The average Bonchev–Trinajstić information content (AvgIpc) is 3.39. The second-order valence-electron chi connectivity index (χ2n) is 6.90. The number of carbonyl (C=O) groups is 1. The van der Waals surface area contributed by atoms with Crippen LogP contribution in [0.2, 0.25) is 0 Å². The maximum Gasteiger partial charge on any atom is 0.257 e. The number of nitrogens with zero attached hydrogens (tertiary/aromatic N) is 5. The first-order valence-corrected chi connectivity index (χ1v) is 10.1. The molecule has 4 aromatic rings. The number of amides is 1. The Morgan fingerprint density at radius 1 is 1.10 bits per heavy atom. The molecule has 2 aromatic carbocycles. The van der Waals surface area contributed by atoms with Crippen molar-refractivity contribution in [1.29, 1.82) is 0 Å². The molecule has 0 fully saturated rings. The molecule has 0 bridgehead atoms. The Bertz CT molecular complexity index is 1100. The Balaban J connectivity index is 1.43. The van der Waals surface area contributed by atoms with Crippen molar-refractivity contribution in [3.8, 4) is 5.69 Å². The SMILES string of the molecule is CC(C)c1nnnn1-c1ccc(C(=O)Nc2ncc(Cc3ccccc3)s2)cc1. The van der Waals surface area contributed by atoms with Crippen LogP contribution in [-0.2, 0) is 6.42 Å². The van der Waals surface area contributed by atoms with Gasteiger partial charge in [0.05, 0.1) is 5.69 Å². The van der Waals surface area contributed by atoms with E-state index in [1.807, 2.05) is 50.4 Å². The second-order valence-corrected chi connectivity index (χ2v) is 8.01. The molecule has 0 radical (unpaired) electrons. The van der Waals surface area contributed by atoms with E-state index in [0.29, 0.717) is 10.7 Å². The molecule has 0 atom stereocenters. The van der Waals surface area contributed by atoms with E-state index in [1.165, 1.54) is 16.9 Å². The van der Waals surface area contributed by atoms with Crippen molar-refractivity contribution in [2.24, 2.45) is 0 Å². The molecule has 146 valence electrons. The first-order chi connectivity index (χ1) is 14.1. The summed E-state index contributed by atoms with van der Waals surface area (Å²) in [6.45, 7) is 4.06. The number of anilines is 1. The van der Waals surface area contributed by atoms with E-state index in [-0.39, 0.29) is 11.8 Å². The summed E-state index contributed by atoms with van der Waals surface area (Å²) in [6, 6.07) is 17.4. The van der Waals surface area contributed by atoms with E-state index < -0.39 is 0 Å². The zero-order chi connectivity index (χ0) is 20.2. The number of tetrazole rings is 1. The molecule has 0 unspecified atom stereocenters. The zero-order valence-corrected chi connectivity index (χ0v) is 16.9. The highest BCUT2D eigenvalue weighted by Gasteiger charge is 2.13. The van der Waals surface area contributed by atoms with Gasteiger partial charge in [0, 0.05) is 29.0 Å². The fraction of sp³-hybridized carbons (Fsp3) is 0.190. The Morgan fingerprint density at radius 2 is 1.86 bits per heavy atom. The number of aromatic nitrogens is 5. The van der Waals surface area contributed by atoms with Gasteiger partial charge in [0.1, 0.15) is 0 Å². The van der Waals surface area contributed by atoms with Gasteiger partial charge in [-0.2, -0.15) is 4.68 Å². The van der Waals surface area contributed by atoms with Gasteiger partial charge in [-0.1, -0.05) is 44.2 Å². The van der Waals surface area contributed by atoms with E-state index in [1.54, 1.807) is 16.8 Å². The second kappa shape index (κ2) is 8.32. The number of benzene rings is 2. The largest absolute Gasteiger partial charge is 0.298 e. The molecule has 1 N–H and O–H groups in total. The van der Waals surface area contributed by atoms with Crippen LogP contribution in [0.1, 0.15) is 46.4 Å². The number of hydrogen-bond acceptors (Lipinski definition) is 6. The van der Waals surface area contributed by atoms with Gasteiger partial charge >= 0.3 is 0 Å². The van der Waals surface area contributed by atoms with Crippen LogP contribution in [0, 0.1) is 0 Å². The number of carbonyl (C=O) groups excluding carboxylic acids is 1. The summed E-state index contributed by atoms with van der Waals surface area (Å²) >= 11 is 1.48. The summed E-state index contributed by atoms with van der Waals surface area (Å²) < 4.78 is 1.68. The van der Waals surface area contributed by atoms with Crippen molar-refractivity contribution in [3.63, 3.8) is 0 Å². The highest BCUT2D eigenvalue weighted by Crippen LogP contribution is 2.22. The number of rotatable bonds is 6. The minimum Gasteiger partial charge on any atom is -0.298 e. The van der Waals surface area contributed by atoms with E-state index >= 15 is 0 Å². The lowest BCUT2D eigenvalue weighted by molar-refractivity contribution is 0.102. The third-order valence-corrected chi connectivity index (χ3v) is 5.29. The fourth-order valence-corrected chi connectivity index (χ4v) is 3.75. The summed E-state index contributed by atoms with van der Waals surface area (Å²) in [7, 11) is 0. The van der Waals surface area contributed by atoms with Crippen molar-refractivity contribution >= 4 is 22.4 Å². The lowest BCUT2D eigenvalue weighted by Crippen LogP contribution is -2.12. The molecule has 8 heteroatoms. The van der Waals surface area contributed by atoms with Crippen molar-refractivity contribution in [3.05, 3.63) is 82.6 Å². The van der Waals surface area contributed by atoms with Gasteiger partial charge in [0.25, 0.3) is 5.91 Å². The van der Waals surface area contributed by atoms with Crippen LogP contribution in [0.4, 0.5) is 5.13 Å². The molecule has 0 spiro atoms. The van der Waals surface area contributed by atoms with E-state index in [9.17, 15) is 4.79 Å². The van der Waals surface area contributed by atoms with Gasteiger partial charge in [0.2, 0.25) is 0 Å². The summed E-state index contributed by atoms with van der Waals surface area (Å²) in [5.74, 6) is 0.775. The van der Waals surface area contributed by atoms with Crippen LogP contribution >= 0.6 is 11.3 Å². The van der Waals surface area contributed by atoms with Crippen LogP contribution < -0.4 is 5.32 Å². The zero-order valence-electron chi connectivity index (χ0n) is 16.1. The smallest absolute Gasteiger partial charge is 0.257 e. The summed E-state index contributed by atoms with van der Waals surface area (Å²) in [4.78, 5) is 18.0. The van der Waals surface area contributed by atoms with Crippen LogP contribution in [0.25, 0.3) is 5.69 Å². The maximum absolute atomic E-state index is 12.6. The van der Waals surface area contributed by atoms with Crippen LogP contribution in [0.3, 0.4) is 0 Å². The Morgan fingerprint density at radius 3 is 2.59 bits per heavy atom. The summed E-state index contributed by atoms with van der Waals surface area (Å²) in [5, 5.41) is 15.3. The van der Waals surface area contributed by atoms with Crippen molar-refractivity contribution in [2.45, 2.75) is 26.2 Å². The molecule has 4 rings (SSSR count). The number of thiazole rings is 1. The highest BCUT2D eigenvalue weighted by molar-refractivity contribution is 7.15. The molecule has 7 nitrogen and oxygen atoms in total. The predicted molar refractivity (Wildman–Crippen MR) is 113 cm³/mol. The van der Waals surface area contributed by atoms with Crippen molar-refractivity contribution < 1.29 is 4.79 Å². The lowest BCUT2D eigenvalue weighted by atomic mass is 10.1. The molecule has 0 saturated carbocycles. The number of hydrogen-bond donors (Lipinski definition) is 1. The minimum atomic E-state index is -0.196. The third kappa shape index (κ3) is 4.38. The summed E-state index contributed by atoms with van der Waals surface area (Å²) in [6.07, 6.45) is 2.61. The van der Waals surface area contributed by atoms with Crippen LogP contribution in [-0.4, -0.2) is 31.1 Å². The highest BCUT2D eigenvalue weighted by atomic mass is 32.1. The average molecular weight is 404 g/mol. The Kier molecular flexibility index (Phi) is 5.44. The molecular weight excluding hydrogens is 384 g/mol. The first kappa shape index (κ1) is 18.9. The van der Waals surface area contributed by atoms with Gasteiger partial charge in [-0.25, -0.2) is 4.98 Å². The van der Waals surface area contributed by atoms with Gasteiger partial charge in [0.15, 0.2) is 11.0 Å². The Hall–Kier alpha value is -3.39. The van der Waals surface area contributed by atoms with Gasteiger partial charge < -0.3 is 0 Å². The quantitative estimate of drug-likeness (QED) is 0.523. The van der Waals surface area contributed by atoms with Gasteiger partial charge in [-0.05, 0) is 40.3 Å². The van der Waals surface area contributed by atoms with Crippen LogP contribution in [0.15, 0.2) is 60.8 Å².